The minimum atomic E-state index is 0.213. The molecule has 0 saturated carbocycles. The number of aryl methyl sites for hydroxylation is 1. The number of hydrogen-bond acceptors (Lipinski definition) is 3. The molecule has 3 nitrogen and oxygen atoms in total. The molecule has 0 aliphatic carbocycles. The summed E-state index contributed by atoms with van der Waals surface area (Å²) in [7, 11) is 4.23. The third-order valence-electron chi connectivity index (χ3n) is 3.54. The van der Waals surface area contributed by atoms with Crippen molar-refractivity contribution in [3.8, 4) is 5.75 Å². The molecule has 0 spiro atoms. The second kappa shape index (κ2) is 5.72. The molecule has 1 aliphatic heterocycles. The summed E-state index contributed by atoms with van der Waals surface area (Å²) in [6.07, 6.45) is 3.23. The van der Waals surface area contributed by atoms with Crippen LogP contribution in [0, 0.1) is 0 Å². The van der Waals surface area contributed by atoms with Crippen LogP contribution in [0.4, 0.5) is 0 Å². The van der Waals surface area contributed by atoms with Gasteiger partial charge in [0.25, 0.3) is 0 Å². The highest BCUT2D eigenvalue weighted by atomic mass is 16.5. The highest BCUT2D eigenvalue weighted by Crippen LogP contribution is 2.30. The van der Waals surface area contributed by atoms with Gasteiger partial charge in [-0.15, -0.1) is 0 Å². The molecule has 3 heteroatoms. The Balaban J connectivity index is 2.24. The first-order valence-electron chi connectivity index (χ1n) is 6.75. The average Bonchev–Trinajstić information content (AvgIpc) is 2.35. The van der Waals surface area contributed by atoms with Gasteiger partial charge < -0.3 is 15.4 Å². The Kier molecular flexibility index (Phi) is 4.25. The molecule has 0 aromatic heterocycles. The first-order valence-corrected chi connectivity index (χ1v) is 6.75. The summed E-state index contributed by atoms with van der Waals surface area (Å²) in [4.78, 5) is 2.24. The van der Waals surface area contributed by atoms with Crippen LogP contribution in [0.1, 0.15) is 36.9 Å². The van der Waals surface area contributed by atoms with Crippen LogP contribution in [0.5, 0.6) is 5.75 Å². The third kappa shape index (κ3) is 3.03. The summed E-state index contributed by atoms with van der Waals surface area (Å²) < 4.78 is 5.66. The van der Waals surface area contributed by atoms with Crippen LogP contribution in [0.3, 0.4) is 0 Å². The van der Waals surface area contributed by atoms with Crippen molar-refractivity contribution in [1.29, 1.82) is 0 Å². The molecular formula is C15H24N2O. The molecule has 2 rings (SSSR count). The molecule has 0 amide bonds. The number of benzene rings is 1. The van der Waals surface area contributed by atoms with E-state index in [1.165, 1.54) is 11.1 Å². The number of ether oxygens (including phenoxy) is 1. The van der Waals surface area contributed by atoms with Crippen molar-refractivity contribution in [2.24, 2.45) is 5.73 Å². The van der Waals surface area contributed by atoms with Gasteiger partial charge in [0, 0.05) is 12.1 Å². The van der Waals surface area contributed by atoms with E-state index >= 15 is 0 Å². The van der Waals surface area contributed by atoms with Gasteiger partial charge in [-0.05, 0) is 57.5 Å². The normalized spacial score (nSPS) is 18.1. The van der Waals surface area contributed by atoms with E-state index in [4.69, 9.17) is 10.5 Å². The number of fused-ring (bicyclic) bond motifs is 1. The van der Waals surface area contributed by atoms with Gasteiger partial charge in [-0.2, -0.15) is 0 Å². The highest BCUT2D eigenvalue weighted by molar-refractivity contribution is 5.39. The summed E-state index contributed by atoms with van der Waals surface area (Å²) in [5, 5.41) is 0. The second-order valence-corrected chi connectivity index (χ2v) is 5.51. The van der Waals surface area contributed by atoms with E-state index in [2.05, 4.69) is 44.1 Å². The Morgan fingerprint density at radius 1 is 1.39 bits per heavy atom. The fraction of sp³-hybridized carbons (Fsp3) is 0.600. The van der Waals surface area contributed by atoms with Gasteiger partial charge in [0.1, 0.15) is 5.75 Å². The zero-order valence-electron chi connectivity index (χ0n) is 11.6. The monoisotopic (exact) mass is 248 g/mol. The zero-order chi connectivity index (χ0) is 13.1. The molecule has 2 unspecified atom stereocenters. The van der Waals surface area contributed by atoms with Gasteiger partial charge in [-0.25, -0.2) is 0 Å². The molecule has 1 heterocycles. The second-order valence-electron chi connectivity index (χ2n) is 5.51. The summed E-state index contributed by atoms with van der Waals surface area (Å²) >= 11 is 0. The lowest BCUT2D eigenvalue weighted by Crippen LogP contribution is -2.27. The Bertz CT molecular complexity index is 401. The van der Waals surface area contributed by atoms with E-state index in [0.717, 1.165) is 31.6 Å². The van der Waals surface area contributed by atoms with Crippen molar-refractivity contribution in [3.05, 3.63) is 29.3 Å². The molecule has 0 radical (unpaired) electrons. The summed E-state index contributed by atoms with van der Waals surface area (Å²) in [5.74, 6) is 1.06. The predicted octanol–water partition coefficient (Wildman–Crippen LogP) is 2.35. The fourth-order valence-electron chi connectivity index (χ4n) is 2.58. The predicted molar refractivity (Wildman–Crippen MR) is 75.0 cm³/mol. The van der Waals surface area contributed by atoms with Crippen LogP contribution in [-0.2, 0) is 6.42 Å². The summed E-state index contributed by atoms with van der Waals surface area (Å²) in [6.45, 7) is 2.92. The Morgan fingerprint density at radius 3 is 2.83 bits per heavy atom. The van der Waals surface area contributed by atoms with Crippen LogP contribution in [-0.4, -0.2) is 31.6 Å². The van der Waals surface area contributed by atoms with Crippen LogP contribution in [0.15, 0.2) is 18.2 Å². The van der Waals surface area contributed by atoms with Crippen LogP contribution < -0.4 is 10.5 Å². The molecule has 0 fully saturated rings. The quantitative estimate of drug-likeness (QED) is 0.889. The smallest absolute Gasteiger partial charge is 0.122 e. The Labute approximate surface area is 110 Å². The Morgan fingerprint density at radius 2 is 2.17 bits per heavy atom. The van der Waals surface area contributed by atoms with Gasteiger partial charge in [-0.1, -0.05) is 12.1 Å². The van der Waals surface area contributed by atoms with Gasteiger partial charge in [0.15, 0.2) is 0 Å². The van der Waals surface area contributed by atoms with E-state index in [9.17, 15) is 0 Å². The third-order valence-corrected chi connectivity index (χ3v) is 3.54. The molecule has 0 bridgehead atoms. The molecule has 2 atom stereocenters. The molecule has 18 heavy (non-hydrogen) atoms. The Hall–Kier alpha value is -1.06. The van der Waals surface area contributed by atoms with Crippen LogP contribution in [0.25, 0.3) is 0 Å². The van der Waals surface area contributed by atoms with Gasteiger partial charge in [0.05, 0.1) is 6.61 Å². The molecule has 1 aromatic carbocycles. The van der Waals surface area contributed by atoms with Crippen LogP contribution in [0.2, 0.25) is 0 Å². The first-order chi connectivity index (χ1) is 8.58. The average molecular weight is 248 g/mol. The maximum absolute atomic E-state index is 5.95. The van der Waals surface area contributed by atoms with Crippen molar-refractivity contribution in [2.45, 2.75) is 38.3 Å². The maximum atomic E-state index is 5.95. The van der Waals surface area contributed by atoms with Gasteiger partial charge in [-0.3, -0.25) is 0 Å². The van der Waals surface area contributed by atoms with E-state index < -0.39 is 0 Å². The number of hydrogen-bond donors (Lipinski definition) is 1. The van der Waals surface area contributed by atoms with Gasteiger partial charge in [0.2, 0.25) is 0 Å². The molecule has 1 aromatic rings. The fourth-order valence-corrected chi connectivity index (χ4v) is 2.58. The van der Waals surface area contributed by atoms with Crippen molar-refractivity contribution >= 4 is 0 Å². The lowest BCUT2D eigenvalue weighted by Gasteiger charge is -2.28. The number of nitrogens with zero attached hydrogens (tertiary/aromatic N) is 1. The highest BCUT2D eigenvalue weighted by Gasteiger charge is 2.18. The van der Waals surface area contributed by atoms with Crippen molar-refractivity contribution in [3.63, 3.8) is 0 Å². The van der Waals surface area contributed by atoms with Gasteiger partial charge >= 0.3 is 0 Å². The molecular weight excluding hydrogens is 224 g/mol. The minimum absolute atomic E-state index is 0.213. The lowest BCUT2D eigenvalue weighted by molar-refractivity contribution is 0.269. The molecule has 2 N–H and O–H groups in total. The molecule has 1 aliphatic rings. The maximum Gasteiger partial charge on any atom is 0.122 e. The van der Waals surface area contributed by atoms with E-state index in [1.54, 1.807) is 0 Å². The SMILES string of the molecule is CC(N)CC(c1ccc2c(c1)CCCO2)N(C)C. The van der Waals surface area contributed by atoms with Crippen molar-refractivity contribution in [2.75, 3.05) is 20.7 Å². The molecule has 0 saturated heterocycles. The largest absolute Gasteiger partial charge is 0.493 e. The first kappa shape index (κ1) is 13.4. The standard InChI is InChI=1S/C15H24N2O/c1-11(16)9-14(17(2)3)12-6-7-15-13(10-12)5-4-8-18-15/h6-7,10-11,14H,4-5,8-9,16H2,1-3H3. The van der Waals surface area contributed by atoms with Crippen molar-refractivity contribution < 1.29 is 4.74 Å². The van der Waals surface area contributed by atoms with E-state index in [-0.39, 0.29) is 6.04 Å². The number of nitrogens with two attached hydrogens (primary N) is 1. The number of rotatable bonds is 4. The summed E-state index contributed by atoms with van der Waals surface area (Å²) in [6, 6.07) is 7.18. The van der Waals surface area contributed by atoms with Crippen molar-refractivity contribution in [1.82, 2.24) is 4.90 Å². The van der Waals surface area contributed by atoms with E-state index in [1.807, 2.05) is 0 Å². The molecule has 100 valence electrons. The van der Waals surface area contributed by atoms with Crippen LogP contribution >= 0.6 is 0 Å². The topological polar surface area (TPSA) is 38.5 Å². The lowest BCUT2D eigenvalue weighted by atomic mass is 9.95. The van der Waals surface area contributed by atoms with E-state index in [0.29, 0.717) is 6.04 Å². The minimum Gasteiger partial charge on any atom is -0.493 e. The summed E-state index contributed by atoms with van der Waals surface area (Å²) in [5.41, 5.74) is 8.65. The zero-order valence-corrected chi connectivity index (χ0v) is 11.6.